The van der Waals surface area contributed by atoms with E-state index in [2.05, 4.69) is 58.0 Å². The fourth-order valence-electron chi connectivity index (χ4n) is 4.15. The van der Waals surface area contributed by atoms with E-state index in [9.17, 15) is 4.79 Å². The maximum Gasteiger partial charge on any atom is 0.248 e. The lowest BCUT2D eigenvalue weighted by Crippen LogP contribution is -2.49. The number of amides is 1. The van der Waals surface area contributed by atoms with Gasteiger partial charge in [0.1, 0.15) is 0 Å². The second kappa shape index (κ2) is 9.43. The molecule has 0 bridgehead atoms. The molecule has 5 nitrogen and oxygen atoms in total. The summed E-state index contributed by atoms with van der Waals surface area (Å²) < 4.78 is 0. The molecule has 2 saturated heterocycles. The molecule has 2 aliphatic heterocycles. The number of para-hydroxylation sites is 1. The summed E-state index contributed by atoms with van der Waals surface area (Å²) in [5, 5.41) is 0.763. The maximum atomic E-state index is 12.8. The minimum atomic E-state index is 0.125. The Kier molecular flexibility index (Phi) is 6.48. The maximum absolute atomic E-state index is 12.8. The lowest BCUT2D eigenvalue weighted by atomic mass is 10.2. The average molecular weight is 425 g/mol. The molecule has 2 aromatic carbocycles. The van der Waals surface area contributed by atoms with E-state index in [-0.39, 0.29) is 5.91 Å². The summed E-state index contributed by atoms with van der Waals surface area (Å²) in [5.74, 6) is 0.125. The van der Waals surface area contributed by atoms with E-state index in [1.807, 2.05) is 29.2 Å². The van der Waals surface area contributed by atoms with Crippen molar-refractivity contribution in [3.8, 4) is 0 Å². The Morgan fingerprint density at radius 3 is 1.80 bits per heavy atom. The molecule has 0 unspecified atom stereocenters. The van der Waals surface area contributed by atoms with Crippen molar-refractivity contribution < 1.29 is 4.79 Å². The van der Waals surface area contributed by atoms with Gasteiger partial charge in [-0.1, -0.05) is 29.8 Å². The highest BCUT2D eigenvalue weighted by atomic mass is 35.5. The van der Waals surface area contributed by atoms with Crippen molar-refractivity contribution in [1.29, 1.82) is 0 Å². The first-order chi connectivity index (χ1) is 14.6. The summed E-state index contributed by atoms with van der Waals surface area (Å²) >= 11 is 5.99. The van der Waals surface area contributed by atoms with Crippen molar-refractivity contribution in [3.05, 3.63) is 71.4 Å². The standard InChI is InChI=1S/C24H29ClN4O/c1-20(26-11-13-28(14-12-26)23-9-7-21(25)8-10-23)19-24(30)29-17-15-27(16-18-29)22-5-3-2-4-6-22/h2-10,19H,11-18H2,1H3/b20-19+. The zero-order valence-electron chi connectivity index (χ0n) is 17.5. The van der Waals surface area contributed by atoms with Gasteiger partial charge in [0.15, 0.2) is 0 Å². The second-order valence-electron chi connectivity index (χ2n) is 7.88. The highest BCUT2D eigenvalue weighted by molar-refractivity contribution is 6.30. The van der Waals surface area contributed by atoms with Crippen molar-refractivity contribution >= 4 is 28.9 Å². The molecule has 0 spiro atoms. The Labute approximate surface area is 184 Å². The Bertz CT molecular complexity index is 868. The number of halogens is 1. The molecule has 2 aromatic rings. The summed E-state index contributed by atoms with van der Waals surface area (Å²) in [6, 6.07) is 18.4. The quantitative estimate of drug-likeness (QED) is 0.700. The number of carbonyl (C=O) groups excluding carboxylic acids is 1. The Morgan fingerprint density at radius 2 is 1.23 bits per heavy atom. The van der Waals surface area contributed by atoms with Crippen LogP contribution in [0.5, 0.6) is 0 Å². The summed E-state index contributed by atoms with van der Waals surface area (Å²) in [6.45, 7) is 9.05. The second-order valence-corrected chi connectivity index (χ2v) is 8.32. The minimum Gasteiger partial charge on any atom is -0.371 e. The number of hydrogen-bond donors (Lipinski definition) is 0. The van der Waals surface area contributed by atoms with E-state index in [0.29, 0.717) is 0 Å². The fourth-order valence-corrected chi connectivity index (χ4v) is 4.28. The van der Waals surface area contributed by atoms with Crippen LogP contribution in [0.3, 0.4) is 0 Å². The first kappa shape index (κ1) is 20.6. The van der Waals surface area contributed by atoms with Gasteiger partial charge in [-0.3, -0.25) is 4.79 Å². The van der Waals surface area contributed by atoms with Gasteiger partial charge in [-0.2, -0.15) is 0 Å². The smallest absolute Gasteiger partial charge is 0.248 e. The fraction of sp³-hybridized carbons (Fsp3) is 0.375. The molecular weight excluding hydrogens is 396 g/mol. The SMILES string of the molecule is C/C(=C\C(=O)N1CCN(c2ccccc2)CC1)N1CCN(c2ccc(Cl)cc2)CC1. The van der Waals surface area contributed by atoms with Crippen LogP contribution in [0.4, 0.5) is 11.4 Å². The summed E-state index contributed by atoms with van der Waals surface area (Å²) in [7, 11) is 0. The average Bonchev–Trinajstić information content (AvgIpc) is 2.80. The number of piperazine rings is 2. The molecule has 30 heavy (non-hydrogen) atoms. The third-order valence-corrected chi connectivity index (χ3v) is 6.27. The van der Waals surface area contributed by atoms with E-state index in [1.54, 1.807) is 0 Å². The lowest BCUT2D eigenvalue weighted by molar-refractivity contribution is -0.126. The lowest BCUT2D eigenvalue weighted by Gasteiger charge is -2.38. The van der Waals surface area contributed by atoms with Crippen LogP contribution in [-0.2, 0) is 4.79 Å². The molecule has 4 rings (SSSR count). The molecule has 158 valence electrons. The predicted octanol–water partition coefficient (Wildman–Crippen LogP) is 3.71. The molecule has 0 radical (unpaired) electrons. The molecule has 1 amide bonds. The molecular formula is C24H29ClN4O. The van der Waals surface area contributed by atoms with Crippen molar-refractivity contribution in [2.75, 3.05) is 62.2 Å². The molecule has 0 N–H and O–H groups in total. The van der Waals surface area contributed by atoms with Crippen molar-refractivity contribution in [3.63, 3.8) is 0 Å². The molecule has 2 fully saturated rings. The Hall–Kier alpha value is -2.66. The van der Waals surface area contributed by atoms with Gasteiger partial charge in [-0.25, -0.2) is 0 Å². The molecule has 2 aliphatic rings. The number of carbonyl (C=O) groups is 1. The van der Waals surface area contributed by atoms with Gasteiger partial charge >= 0.3 is 0 Å². The first-order valence-corrected chi connectivity index (χ1v) is 11.0. The summed E-state index contributed by atoms with van der Waals surface area (Å²) in [5.41, 5.74) is 3.49. The van der Waals surface area contributed by atoms with Gasteiger partial charge in [0.05, 0.1) is 0 Å². The predicted molar refractivity (Wildman–Crippen MR) is 124 cm³/mol. The van der Waals surface area contributed by atoms with Crippen LogP contribution in [0.2, 0.25) is 5.02 Å². The van der Waals surface area contributed by atoms with Crippen molar-refractivity contribution in [2.24, 2.45) is 0 Å². The molecule has 0 saturated carbocycles. The number of benzene rings is 2. The topological polar surface area (TPSA) is 30.0 Å². The highest BCUT2D eigenvalue weighted by Crippen LogP contribution is 2.21. The Morgan fingerprint density at radius 1 is 0.733 bits per heavy atom. The van der Waals surface area contributed by atoms with E-state index in [0.717, 1.165) is 63.1 Å². The Balaban J connectivity index is 1.28. The van der Waals surface area contributed by atoms with E-state index < -0.39 is 0 Å². The van der Waals surface area contributed by atoms with E-state index >= 15 is 0 Å². The number of anilines is 2. The van der Waals surface area contributed by atoms with Crippen molar-refractivity contribution in [2.45, 2.75) is 6.92 Å². The monoisotopic (exact) mass is 424 g/mol. The van der Waals surface area contributed by atoms with Gasteiger partial charge in [0.2, 0.25) is 5.91 Å². The van der Waals surface area contributed by atoms with Crippen LogP contribution in [0, 0.1) is 0 Å². The number of hydrogen-bond acceptors (Lipinski definition) is 4. The van der Waals surface area contributed by atoms with Crippen LogP contribution in [0.15, 0.2) is 66.4 Å². The first-order valence-electron chi connectivity index (χ1n) is 10.6. The minimum absolute atomic E-state index is 0.125. The van der Waals surface area contributed by atoms with Crippen LogP contribution >= 0.6 is 11.6 Å². The number of nitrogens with zero attached hydrogens (tertiary/aromatic N) is 4. The summed E-state index contributed by atoms with van der Waals surface area (Å²) in [6.07, 6.45) is 1.82. The van der Waals surface area contributed by atoms with Crippen LogP contribution in [-0.4, -0.2) is 68.1 Å². The van der Waals surface area contributed by atoms with Crippen LogP contribution in [0.1, 0.15) is 6.92 Å². The van der Waals surface area contributed by atoms with Gasteiger partial charge in [0.25, 0.3) is 0 Å². The van der Waals surface area contributed by atoms with Gasteiger partial charge in [0, 0.05) is 80.5 Å². The van der Waals surface area contributed by atoms with Gasteiger partial charge in [-0.05, 0) is 43.3 Å². The largest absolute Gasteiger partial charge is 0.371 e. The van der Waals surface area contributed by atoms with Gasteiger partial charge < -0.3 is 19.6 Å². The summed E-state index contributed by atoms with van der Waals surface area (Å²) in [4.78, 5) is 21.8. The normalized spacial score (nSPS) is 18.0. The van der Waals surface area contributed by atoms with Crippen LogP contribution < -0.4 is 9.80 Å². The molecule has 0 aromatic heterocycles. The number of allylic oxidation sites excluding steroid dienone is 1. The molecule has 0 atom stereocenters. The zero-order chi connectivity index (χ0) is 20.9. The molecule has 0 aliphatic carbocycles. The third kappa shape index (κ3) is 4.90. The van der Waals surface area contributed by atoms with E-state index in [1.165, 1.54) is 11.4 Å². The van der Waals surface area contributed by atoms with Gasteiger partial charge in [-0.15, -0.1) is 0 Å². The highest BCUT2D eigenvalue weighted by Gasteiger charge is 2.22. The zero-order valence-corrected chi connectivity index (χ0v) is 18.3. The number of rotatable bonds is 4. The van der Waals surface area contributed by atoms with Crippen LogP contribution in [0.25, 0.3) is 0 Å². The molecule has 2 heterocycles. The third-order valence-electron chi connectivity index (χ3n) is 6.02. The van der Waals surface area contributed by atoms with Crippen molar-refractivity contribution in [1.82, 2.24) is 9.80 Å². The molecule has 6 heteroatoms. The van der Waals surface area contributed by atoms with E-state index in [4.69, 9.17) is 11.6 Å².